The first kappa shape index (κ1) is 7.50. The van der Waals surface area contributed by atoms with E-state index in [2.05, 4.69) is 4.74 Å². The Morgan fingerprint density at radius 1 is 1.80 bits per heavy atom. The van der Waals surface area contributed by atoms with Gasteiger partial charge in [-0.05, 0) is 6.92 Å². The first-order valence-corrected chi connectivity index (χ1v) is 3.28. The number of esters is 1. The monoisotopic (exact) mass is 145 g/mol. The fourth-order valence-corrected chi connectivity index (χ4v) is 0.886. The molecule has 1 N–H and O–H groups in total. The van der Waals surface area contributed by atoms with Crippen molar-refractivity contribution in [2.45, 2.75) is 13.2 Å². The number of hydrogen-bond donors (Lipinski definition) is 1. The van der Waals surface area contributed by atoms with Gasteiger partial charge in [-0.25, -0.2) is 0 Å². The van der Waals surface area contributed by atoms with Crippen molar-refractivity contribution in [3.63, 3.8) is 0 Å². The topological polar surface area (TPSA) is 49.8 Å². The molecule has 0 aromatic heterocycles. The van der Waals surface area contributed by atoms with Crippen LogP contribution in [0, 0.1) is 0 Å². The first-order chi connectivity index (χ1) is 4.70. The SMILES string of the molecule is CC(O)N1CCOC(=O)C1. The molecule has 1 unspecified atom stereocenters. The third-order valence-electron chi connectivity index (χ3n) is 1.50. The van der Waals surface area contributed by atoms with Gasteiger partial charge in [0.1, 0.15) is 12.8 Å². The first-order valence-electron chi connectivity index (χ1n) is 3.28. The molecule has 0 saturated carbocycles. The van der Waals surface area contributed by atoms with Crippen molar-refractivity contribution in [3.8, 4) is 0 Å². The summed E-state index contributed by atoms with van der Waals surface area (Å²) in [6.07, 6.45) is -0.548. The number of ether oxygens (including phenoxy) is 1. The van der Waals surface area contributed by atoms with Gasteiger partial charge in [-0.2, -0.15) is 0 Å². The van der Waals surface area contributed by atoms with Crippen LogP contribution in [0.1, 0.15) is 6.92 Å². The third-order valence-corrected chi connectivity index (χ3v) is 1.50. The zero-order valence-corrected chi connectivity index (χ0v) is 5.91. The van der Waals surface area contributed by atoms with Gasteiger partial charge in [0.2, 0.25) is 0 Å². The Bertz CT molecular complexity index is 135. The zero-order chi connectivity index (χ0) is 7.56. The number of nitrogens with zero attached hydrogens (tertiary/aromatic N) is 1. The van der Waals surface area contributed by atoms with E-state index in [-0.39, 0.29) is 12.5 Å². The molecule has 0 bridgehead atoms. The fourth-order valence-electron chi connectivity index (χ4n) is 0.886. The molecule has 1 atom stereocenters. The second-order valence-electron chi connectivity index (χ2n) is 2.32. The number of carbonyl (C=O) groups excluding carboxylic acids is 1. The highest BCUT2D eigenvalue weighted by Crippen LogP contribution is 2.00. The van der Waals surface area contributed by atoms with Gasteiger partial charge in [-0.3, -0.25) is 9.69 Å². The molecule has 0 aromatic rings. The van der Waals surface area contributed by atoms with E-state index in [4.69, 9.17) is 5.11 Å². The van der Waals surface area contributed by atoms with E-state index in [0.29, 0.717) is 13.2 Å². The second kappa shape index (κ2) is 2.98. The molecular weight excluding hydrogens is 134 g/mol. The molecule has 0 spiro atoms. The standard InChI is InChI=1S/C6H11NO3/c1-5(8)7-2-3-10-6(9)4-7/h5,8H,2-4H2,1H3. The lowest BCUT2D eigenvalue weighted by Crippen LogP contribution is -2.44. The van der Waals surface area contributed by atoms with E-state index in [1.54, 1.807) is 11.8 Å². The normalized spacial score (nSPS) is 24.0. The van der Waals surface area contributed by atoms with E-state index < -0.39 is 6.23 Å². The highest BCUT2D eigenvalue weighted by Gasteiger charge is 2.20. The summed E-state index contributed by atoms with van der Waals surface area (Å²) in [5.41, 5.74) is 0. The minimum absolute atomic E-state index is 0.206. The lowest BCUT2D eigenvalue weighted by molar-refractivity contribution is -0.156. The van der Waals surface area contributed by atoms with Gasteiger partial charge in [0, 0.05) is 6.54 Å². The van der Waals surface area contributed by atoms with Crippen LogP contribution in [0.2, 0.25) is 0 Å². The molecule has 0 aromatic carbocycles. The maximum absolute atomic E-state index is 10.6. The second-order valence-corrected chi connectivity index (χ2v) is 2.32. The van der Waals surface area contributed by atoms with Crippen molar-refractivity contribution in [1.29, 1.82) is 0 Å². The number of aliphatic hydroxyl groups excluding tert-OH is 1. The summed E-state index contributed by atoms with van der Waals surface area (Å²) in [6.45, 7) is 2.86. The molecule has 0 aliphatic carbocycles. The molecule has 1 fully saturated rings. The minimum atomic E-state index is -0.548. The van der Waals surface area contributed by atoms with Crippen molar-refractivity contribution >= 4 is 5.97 Å². The van der Waals surface area contributed by atoms with Crippen molar-refractivity contribution < 1.29 is 14.6 Å². The van der Waals surface area contributed by atoms with Crippen LogP contribution in [0.4, 0.5) is 0 Å². The van der Waals surface area contributed by atoms with Gasteiger partial charge in [0.05, 0.1) is 6.54 Å². The van der Waals surface area contributed by atoms with E-state index in [1.165, 1.54) is 0 Å². The number of carbonyl (C=O) groups is 1. The molecule has 0 amide bonds. The Hall–Kier alpha value is -0.610. The molecule has 58 valence electrons. The average Bonchev–Trinajstić information content (AvgIpc) is 1.88. The highest BCUT2D eigenvalue weighted by molar-refractivity contribution is 5.72. The van der Waals surface area contributed by atoms with Gasteiger partial charge >= 0.3 is 5.97 Å². The van der Waals surface area contributed by atoms with Gasteiger partial charge in [-0.15, -0.1) is 0 Å². The molecule has 4 nitrogen and oxygen atoms in total. The fraction of sp³-hybridized carbons (Fsp3) is 0.833. The summed E-state index contributed by atoms with van der Waals surface area (Å²) in [6, 6.07) is 0. The van der Waals surface area contributed by atoms with Gasteiger partial charge < -0.3 is 9.84 Å². The summed E-state index contributed by atoms with van der Waals surface area (Å²) >= 11 is 0. The Morgan fingerprint density at radius 3 is 2.90 bits per heavy atom. The van der Waals surface area contributed by atoms with Crippen LogP contribution in [0.25, 0.3) is 0 Å². The van der Waals surface area contributed by atoms with E-state index in [9.17, 15) is 4.79 Å². The van der Waals surface area contributed by atoms with Crippen molar-refractivity contribution in [3.05, 3.63) is 0 Å². The molecule has 1 rings (SSSR count). The van der Waals surface area contributed by atoms with Crippen LogP contribution in [0.15, 0.2) is 0 Å². The number of hydrogen-bond acceptors (Lipinski definition) is 4. The molecule has 10 heavy (non-hydrogen) atoms. The lowest BCUT2D eigenvalue weighted by Gasteiger charge is -2.27. The maximum atomic E-state index is 10.6. The molecule has 1 aliphatic heterocycles. The Labute approximate surface area is 59.4 Å². The van der Waals surface area contributed by atoms with Crippen molar-refractivity contribution in [2.75, 3.05) is 19.7 Å². The molecule has 4 heteroatoms. The minimum Gasteiger partial charge on any atom is -0.463 e. The van der Waals surface area contributed by atoms with Crippen molar-refractivity contribution in [1.82, 2.24) is 4.90 Å². The van der Waals surface area contributed by atoms with E-state index >= 15 is 0 Å². The number of rotatable bonds is 1. The molecule has 1 aliphatic rings. The summed E-state index contributed by atoms with van der Waals surface area (Å²) in [5, 5.41) is 9.01. The van der Waals surface area contributed by atoms with Crippen LogP contribution in [0.3, 0.4) is 0 Å². The maximum Gasteiger partial charge on any atom is 0.320 e. The quantitative estimate of drug-likeness (QED) is 0.490. The Morgan fingerprint density at radius 2 is 2.50 bits per heavy atom. The molecule has 0 radical (unpaired) electrons. The predicted molar refractivity (Wildman–Crippen MR) is 34.2 cm³/mol. The predicted octanol–water partition coefficient (Wildman–Crippen LogP) is -0.817. The van der Waals surface area contributed by atoms with Crippen molar-refractivity contribution in [2.24, 2.45) is 0 Å². The number of aliphatic hydroxyl groups is 1. The van der Waals surface area contributed by atoms with Gasteiger partial charge in [0.15, 0.2) is 0 Å². The Kier molecular flexibility index (Phi) is 2.24. The highest BCUT2D eigenvalue weighted by atomic mass is 16.5. The van der Waals surface area contributed by atoms with E-state index in [1.807, 2.05) is 0 Å². The number of morpholine rings is 1. The zero-order valence-electron chi connectivity index (χ0n) is 5.91. The van der Waals surface area contributed by atoms with Gasteiger partial charge in [0.25, 0.3) is 0 Å². The molecule has 1 saturated heterocycles. The summed E-state index contributed by atoms with van der Waals surface area (Å²) in [7, 11) is 0. The van der Waals surface area contributed by atoms with Crippen LogP contribution in [-0.4, -0.2) is 41.9 Å². The Balaban J connectivity index is 2.39. The average molecular weight is 145 g/mol. The van der Waals surface area contributed by atoms with Crippen LogP contribution in [-0.2, 0) is 9.53 Å². The summed E-state index contributed by atoms with van der Waals surface area (Å²) in [5.74, 6) is -0.257. The van der Waals surface area contributed by atoms with Crippen LogP contribution < -0.4 is 0 Å². The third kappa shape index (κ3) is 1.68. The van der Waals surface area contributed by atoms with Gasteiger partial charge in [-0.1, -0.05) is 0 Å². The van der Waals surface area contributed by atoms with Crippen LogP contribution in [0.5, 0.6) is 0 Å². The number of cyclic esters (lactones) is 1. The van der Waals surface area contributed by atoms with Crippen LogP contribution >= 0.6 is 0 Å². The molecular formula is C6H11NO3. The summed E-state index contributed by atoms with van der Waals surface area (Å²) in [4.78, 5) is 12.3. The lowest BCUT2D eigenvalue weighted by atomic mass is 10.4. The van der Waals surface area contributed by atoms with E-state index in [0.717, 1.165) is 0 Å². The smallest absolute Gasteiger partial charge is 0.320 e. The molecule has 1 heterocycles. The largest absolute Gasteiger partial charge is 0.463 e. The summed E-state index contributed by atoms with van der Waals surface area (Å²) < 4.78 is 4.67.